The Morgan fingerprint density at radius 1 is 0.839 bits per heavy atom. The first kappa shape index (κ1) is 22.3. The van der Waals surface area contributed by atoms with Gasteiger partial charge in [-0.2, -0.15) is 0 Å². The van der Waals surface area contributed by atoms with Gasteiger partial charge in [-0.05, 0) is 54.6 Å². The Kier molecular flexibility index (Phi) is 6.32. The summed E-state index contributed by atoms with van der Waals surface area (Å²) in [6.07, 6.45) is 1.08. The maximum Gasteiger partial charge on any atom is 0.262 e. The maximum absolute atomic E-state index is 12.8. The van der Waals surface area contributed by atoms with Gasteiger partial charge < -0.3 is 10.1 Å². The summed E-state index contributed by atoms with van der Waals surface area (Å²) in [4.78, 5) is 12.5. The average molecular weight is 461 g/mol. The van der Waals surface area contributed by atoms with E-state index in [1.54, 1.807) is 30.3 Å². The lowest BCUT2D eigenvalue weighted by molar-refractivity contribution is 0.102. The molecule has 2 N–H and O–H groups in total. The van der Waals surface area contributed by atoms with Crippen molar-refractivity contribution in [2.24, 2.45) is 0 Å². The van der Waals surface area contributed by atoms with Crippen LogP contribution in [0, 0.1) is 0 Å². The van der Waals surface area contributed by atoms with Crippen molar-refractivity contribution in [2.75, 3.05) is 23.4 Å². The molecule has 3 aromatic carbocycles. The summed E-state index contributed by atoms with van der Waals surface area (Å²) in [5.41, 5.74) is 0.776. The van der Waals surface area contributed by atoms with Gasteiger partial charge in [-0.15, -0.1) is 0 Å². The van der Waals surface area contributed by atoms with Crippen LogP contribution < -0.4 is 14.8 Å². The van der Waals surface area contributed by atoms with Crippen LogP contribution in [0.3, 0.4) is 0 Å². The molecule has 0 saturated heterocycles. The predicted molar refractivity (Wildman–Crippen MR) is 118 cm³/mol. The van der Waals surface area contributed by atoms with Gasteiger partial charge in [-0.3, -0.25) is 9.52 Å². The van der Waals surface area contributed by atoms with Crippen LogP contribution in [0.2, 0.25) is 0 Å². The molecule has 0 atom stereocenters. The molecule has 0 unspecified atom stereocenters. The monoisotopic (exact) mass is 460 g/mol. The number of amides is 1. The van der Waals surface area contributed by atoms with Gasteiger partial charge in [0.05, 0.1) is 22.6 Å². The lowest BCUT2D eigenvalue weighted by Crippen LogP contribution is -2.15. The van der Waals surface area contributed by atoms with E-state index in [9.17, 15) is 21.6 Å². The van der Waals surface area contributed by atoms with Gasteiger partial charge in [-0.1, -0.05) is 18.2 Å². The highest BCUT2D eigenvalue weighted by Crippen LogP contribution is 2.27. The molecule has 3 rings (SSSR count). The molecule has 0 saturated carbocycles. The quantitative estimate of drug-likeness (QED) is 0.559. The molecule has 1 amide bonds. The first-order valence-electron chi connectivity index (χ1n) is 8.97. The summed E-state index contributed by atoms with van der Waals surface area (Å²) >= 11 is 0. The van der Waals surface area contributed by atoms with E-state index < -0.39 is 25.8 Å². The first-order valence-corrected chi connectivity index (χ1v) is 12.3. The largest absolute Gasteiger partial charge is 0.495 e. The fourth-order valence-electron chi connectivity index (χ4n) is 2.73. The van der Waals surface area contributed by atoms with Crippen molar-refractivity contribution < 1.29 is 26.4 Å². The molecule has 3 aromatic rings. The molecule has 0 radical (unpaired) electrons. The Balaban J connectivity index is 1.80. The molecule has 0 aromatic heterocycles. The molecule has 0 spiro atoms. The summed E-state index contributed by atoms with van der Waals surface area (Å²) in [5.74, 6) is -0.139. The number of carbonyl (C=O) groups excluding carboxylic acids is 1. The van der Waals surface area contributed by atoms with Crippen molar-refractivity contribution in [1.82, 2.24) is 0 Å². The molecule has 31 heavy (non-hydrogen) atoms. The molecule has 0 heterocycles. The summed E-state index contributed by atoms with van der Waals surface area (Å²) in [5, 5.41) is 2.61. The zero-order valence-corrected chi connectivity index (χ0v) is 18.3. The molecule has 0 aliphatic rings. The van der Waals surface area contributed by atoms with E-state index in [2.05, 4.69) is 10.0 Å². The van der Waals surface area contributed by atoms with Gasteiger partial charge in [0.15, 0.2) is 9.84 Å². The Labute approximate surface area is 180 Å². The fourth-order valence-corrected chi connectivity index (χ4v) is 4.48. The zero-order chi connectivity index (χ0) is 22.6. The number of anilines is 2. The van der Waals surface area contributed by atoms with Crippen LogP contribution in [0.25, 0.3) is 0 Å². The molecule has 0 aliphatic carbocycles. The summed E-state index contributed by atoms with van der Waals surface area (Å²) in [6, 6.07) is 17.8. The maximum atomic E-state index is 12.8. The third-order valence-corrected chi connectivity index (χ3v) is 6.79. The van der Waals surface area contributed by atoms with Crippen molar-refractivity contribution >= 4 is 37.1 Å². The van der Waals surface area contributed by atoms with Crippen LogP contribution >= 0.6 is 0 Å². The molecule has 0 aliphatic heterocycles. The number of sulfone groups is 1. The Morgan fingerprint density at radius 3 is 2.16 bits per heavy atom. The number of para-hydroxylation sites is 2. The number of nitrogens with one attached hydrogen (secondary N) is 2. The van der Waals surface area contributed by atoms with Gasteiger partial charge in [-0.25, -0.2) is 16.8 Å². The van der Waals surface area contributed by atoms with Crippen LogP contribution in [0.5, 0.6) is 5.75 Å². The number of methoxy groups -OCH3 is 1. The van der Waals surface area contributed by atoms with Gasteiger partial charge in [0.1, 0.15) is 5.75 Å². The lowest BCUT2D eigenvalue weighted by atomic mass is 10.2. The van der Waals surface area contributed by atoms with E-state index in [0.717, 1.165) is 6.26 Å². The molecular weight excluding hydrogens is 440 g/mol. The summed E-state index contributed by atoms with van der Waals surface area (Å²) in [7, 11) is -5.87. The van der Waals surface area contributed by atoms with Crippen LogP contribution in [0.4, 0.5) is 11.4 Å². The SMILES string of the molecule is COc1ccccc1NS(=O)(=O)c1cccc(NC(=O)c2ccc(S(C)(=O)=O)cc2)c1. The summed E-state index contributed by atoms with van der Waals surface area (Å²) < 4.78 is 56.2. The van der Waals surface area contributed by atoms with E-state index >= 15 is 0 Å². The van der Waals surface area contributed by atoms with E-state index in [-0.39, 0.29) is 26.7 Å². The van der Waals surface area contributed by atoms with Gasteiger partial charge >= 0.3 is 0 Å². The minimum Gasteiger partial charge on any atom is -0.495 e. The fraction of sp³-hybridized carbons (Fsp3) is 0.0952. The number of rotatable bonds is 7. The van der Waals surface area contributed by atoms with Crippen molar-refractivity contribution in [2.45, 2.75) is 9.79 Å². The number of hydrogen-bond acceptors (Lipinski definition) is 6. The standard InChI is InChI=1S/C21H20N2O6S2/c1-29-20-9-4-3-8-19(20)23-31(27,28)18-7-5-6-16(14-18)22-21(24)15-10-12-17(13-11-15)30(2,25)26/h3-14,23H,1-2H3,(H,22,24). The number of ether oxygens (including phenoxy) is 1. The average Bonchev–Trinajstić information content (AvgIpc) is 2.73. The molecule has 8 nitrogen and oxygen atoms in total. The normalized spacial score (nSPS) is 11.5. The van der Waals surface area contributed by atoms with Crippen LogP contribution in [0.1, 0.15) is 10.4 Å². The highest BCUT2D eigenvalue weighted by Gasteiger charge is 2.17. The second-order valence-electron chi connectivity index (χ2n) is 6.58. The number of carbonyl (C=O) groups is 1. The third-order valence-electron chi connectivity index (χ3n) is 4.30. The predicted octanol–water partition coefficient (Wildman–Crippen LogP) is 3.15. The van der Waals surface area contributed by atoms with Crippen molar-refractivity contribution in [3.05, 3.63) is 78.4 Å². The Hall–Kier alpha value is -3.37. The molecule has 162 valence electrons. The summed E-state index contributed by atoms with van der Waals surface area (Å²) in [6.45, 7) is 0. The van der Waals surface area contributed by atoms with Crippen LogP contribution in [-0.2, 0) is 19.9 Å². The third kappa shape index (κ3) is 5.41. The highest BCUT2D eigenvalue weighted by molar-refractivity contribution is 7.92. The van der Waals surface area contributed by atoms with E-state index in [1.165, 1.54) is 49.6 Å². The van der Waals surface area contributed by atoms with E-state index in [1.807, 2.05) is 0 Å². The molecular formula is C21H20N2O6S2. The number of benzene rings is 3. The molecule has 10 heteroatoms. The number of sulfonamides is 1. The molecule has 0 fully saturated rings. The van der Waals surface area contributed by atoms with Gasteiger partial charge in [0, 0.05) is 17.5 Å². The minimum absolute atomic E-state index is 0.0522. The minimum atomic E-state index is -3.94. The highest BCUT2D eigenvalue weighted by atomic mass is 32.2. The van der Waals surface area contributed by atoms with Crippen LogP contribution in [-0.4, -0.2) is 36.1 Å². The van der Waals surface area contributed by atoms with Gasteiger partial charge in [0.2, 0.25) is 0 Å². The van der Waals surface area contributed by atoms with E-state index in [0.29, 0.717) is 5.75 Å². The number of hydrogen-bond donors (Lipinski definition) is 2. The van der Waals surface area contributed by atoms with Crippen molar-refractivity contribution in [3.8, 4) is 5.75 Å². The Morgan fingerprint density at radius 2 is 1.52 bits per heavy atom. The first-order chi connectivity index (χ1) is 14.6. The topological polar surface area (TPSA) is 119 Å². The van der Waals surface area contributed by atoms with E-state index in [4.69, 9.17) is 4.74 Å². The lowest BCUT2D eigenvalue weighted by Gasteiger charge is -2.12. The second kappa shape index (κ2) is 8.78. The Bertz CT molecular complexity index is 1320. The molecule has 0 bridgehead atoms. The smallest absolute Gasteiger partial charge is 0.262 e. The van der Waals surface area contributed by atoms with Gasteiger partial charge in [0.25, 0.3) is 15.9 Å². The van der Waals surface area contributed by atoms with Crippen LogP contribution in [0.15, 0.2) is 82.6 Å². The zero-order valence-electron chi connectivity index (χ0n) is 16.7. The second-order valence-corrected chi connectivity index (χ2v) is 10.3. The van der Waals surface area contributed by atoms with Crippen molar-refractivity contribution in [1.29, 1.82) is 0 Å². The van der Waals surface area contributed by atoms with Crippen molar-refractivity contribution in [3.63, 3.8) is 0 Å².